The van der Waals surface area contributed by atoms with Crippen LogP contribution < -0.4 is 0 Å². The van der Waals surface area contributed by atoms with Crippen molar-refractivity contribution >= 4 is 53.2 Å². The van der Waals surface area contributed by atoms with Gasteiger partial charge in [0.25, 0.3) is 0 Å². The highest BCUT2D eigenvalue weighted by molar-refractivity contribution is 7.26. The second kappa shape index (κ2) is 6.65. The summed E-state index contributed by atoms with van der Waals surface area (Å²) < 4.78 is 2.64. The highest BCUT2D eigenvalue weighted by atomic mass is 32.1. The first-order chi connectivity index (χ1) is 14.7. The summed E-state index contributed by atoms with van der Waals surface area (Å²) in [6.45, 7) is 4.53. The molecule has 144 valence electrons. The van der Waals surface area contributed by atoms with Crippen molar-refractivity contribution in [3.05, 3.63) is 90.5 Å². The maximum absolute atomic E-state index is 5.23. The van der Waals surface area contributed by atoms with Crippen molar-refractivity contribution in [1.29, 1.82) is 0 Å². The Morgan fingerprint density at radius 1 is 0.667 bits per heavy atom. The summed E-state index contributed by atoms with van der Waals surface area (Å²) in [7, 11) is 0. The zero-order chi connectivity index (χ0) is 20.2. The molecule has 2 heterocycles. The van der Waals surface area contributed by atoms with Crippen molar-refractivity contribution in [2.75, 3.05) is 0 Å². The Bertz CT molecular complexity index is 1570. The van der Waals surface area contributed by atoms with Gasteiger partial charge in [0.2, 0.25) is 0 Å². The van der Waals surface area contributed by atoms with Crippen molar-refractivity contribution in [1.82, 2.24) is 4.98 Å². The van der Waals surface area contributed by atoms with Gasteiger partial charge >= 0.3 is 0 Å². The van der Waals surface area contributed by atoms with Crippen LogP contribution in [0.3, 0.4) is 0 Å². The third kappa shape index (κ3) is 2.50. The van der Waals surface area contributed by atoms with E-state index in [1.807, 2.05) is 11.3 Å². The molecule has 0 unspecified atom stereocenters. The lowest BCUT2D eigenvalue weighted by Gasteiger charge is -2.15. The summed E-state index contributed by atoms with van der Waals surface area (Å²) in [5.41, 5.74) is 4.76. The summed E-state index contributed by atoms with van der Waals surface area (Å²) in [5.74, 6) is 0.482. The van der Waals surface area contributed by atoms with Crippen LogP contribution in [-0.4, -0.2) is 4.98 Å². The molecule has 2 aromatic heterocycles. The molecule has 0 radical (unpaired) electrons. The van der Waals surface area contributed by atoms with E-state index in [0.29, 0.717) is 5.92 Å². The van der Waals surface area contributed by atoms with Gasteiger partial charge in [-0.15, -0.1) is 11.3 Å². The molecule has 0 spiro atoms. The van der Waals surface area contributed by atoms with E-state index < -0.39 is 0 Å². The Kier molecular flexibility index (Phi) is 3.90. The maximum atomic E-state index is 5.23. The number of fused-ring (bicyclic) bond motifs is 6. The molecule has 0 aliphatic rings. The third-order valence-corrected chi connectivity index (χ3v) is 7.25. The Morgan fingerprint density at radius 2 is 1.33 bits per heavy atom. The van der Waals surface area contributed by atoms with Crippen molar-refractivity contribution in [2.24, 2.45) is 0 Å². The zero-order valence-electron chi connectivity index (χ0n) is 17.0. The van der Waals surface area contributed by atoms with E-state index in [2.05, 4.69) is 98.8 Å². The minimum atomic E-state index is 0.482. The van der Waals surface area contributed by atoms with Crippen molar-refractivity contribution in [2.45, 2.75) is 19.8 Å². The first kappa shape index (κ1) is 17.6. The van der Waals surface area contributed by atoms with E-state index in [9.17, 15) is 0 Å². The average molecular weight is 404 g/mol. The number of hydrogen-bond acceptors (Lipinski definition) is 2. The van der Waals surface area contributed by atoms with Crippen molar-refractivity contribution in [3.63, 3.8) is 0 Å². The van der Waals surface area contributed by atoms with Gasteiger partial charge in [-0.25, -0.2) is 4.98 Å². The number of pyridine rings is 1. The predicted molar refractivity (Wildman–Crippen MR) is 132 cm³/mol. The molecular formula is C28H21NS. The van der Waals surface area contributed by atoms with E-state index in [1.54, 1.807) is 0 Å². The van der Waals surface area contributed by atoms with Gasteiger partial charge in [-0.3, -0.25) is 0 Å². The van der Waals surface area contributed by atoms with Crippen molar-refractivity contribution < 1.29 is 0 Å². The molecule has 0 saturated heterocycles. The van der Waals surface area contributed by atoms with Crippen LogP contribution in [0.1, 0.15) is 25.3 Å². The Hall–Kier alpha value is -3.23. The Morgan fingerprint density at radius 3 is 2.13 bits per heavy atom. The molecule has 6 rings (SSSR count). The molecule has 6 aromatic rings. The van der Waals surface area contributed by atoms with E-state index >= 15 is 0 Å². The van der Waals surface area contributed by atoms with Gasteiger partial charge in [-0.1, -0.05) is 86.6 Å². The second-order valence-corrected chi connectivity index (χ2v) is 9.23. The van der Waals surface area contributed by atoms with Crippen LogP contribution in [0.4, 0.5) is 0 Å². The first-order valence-electron chi connectivity index (χ1n) is 10.4. The van der Waals surface area contributed by atoms with E-state index in [0.717, 1.165) is 11.2 Å². The molecule has 0 N–H and O–H groups in total. The molecule has 0 amide bonds. The number of para-hydroxylation sites is 1. The molecule has 30 heavy (non-hydrogen) atoms. The number of thiophene rings is 1. The fourth-order valence-corrected chi connectivity index (χ4v) is 5.87. The van der Waals surface area contributed by atoms with Gasteiger partial charge in [0.05, 0.1) is 11.2 Å². The van der Waals surface area contributed by atoms with Gasteiger partial charge in [-0.2, -0.15) is 0 Å². The molecule has 0 bridgehead atoms. The van der Waals surface area contributed by atoms with Gasteiger partial charge < -0.3 is 0 Å². The predicted octanol–water partition coefficient (Wildman–Crippen LogP) is 8.55. The van der Waals surface area contributed by atoms with Crippen LogP contribution in [0.2, 0.25) is 0 Å². The van der Waals surface area contributed by atoms with Crippen LogP contribution in [-0.2, 0) is 0 Å². The van der Waals surface area contributed by atoms with Gasteiger partial charge in [0.1, 0.15) is 0 Å². The Labute approximate surface area is 179 Å². The standard InChI is InChI=1S/C28H21NS/c1-17(2)18-15-16-21(20-10-4-3-9-19(18)20)27-26-23-12-6-8-14-25(23)30-28(26)22-11-5-7-13-24(22)29-27/h3-17H,1-2H3. The summed E-state index contributed by atoms with van der Waals surface area (Å²) in [6, 6.07) is 30.6. The van der Waals surface area contributed by atoms with Crippen molar-refractivity contribution in [3.8, 4) is 11.3 Å². The minimum Gasteiger partial charge on any atom is -0.247 e. The molecule has 0 atom stereocenters. The van der Waals surface area contributed by atoms with Gasteiger partial charge in [0.15, 0.2) is 0 Å². The smallest absolute Gasteiger partial charge is 0.0809 e. The molecule has 4 aromatic carbocycles. The monoisotopic (exact) mass is 403 g/mol. The highest BCUT2D eigenvalue weighted by Gasteiger charge is 2.18. The minimum absolute atomic E-state index is 0.482. The largest absolute Gasteiger partial charge is 0.247 e. The van der Waals surface area contributed by atoms with Crippen LogP contribution in [0.5, 0.6) is 0 Å². The van der Waals surface area contributed by atoms with Gasteiger partial charge in [-0.05, 0) is 34.4 Å². The lowest BCUT2D eigenvalue weighted by molar-refractivity contribution is 0.876. The third-order valence-electron chi connectivity index (χ3n) is 6.05. The molecule has 1 nitrogen and oxygen atoms in total. The summed E-state index contributed by atoms with van der Waals surface area (Å²) >= 11 is 1.87. The van der Waals surface area contributed by atoms with Crippen LogP contribution >= 0.6 is 11.3 Å². The molecule has 0 aliphatic carbocycles. The molecule has 0 aliphatic heterocycles. The fraction of sp³-hybridized carbons (Fsp3) is 0.107. The zero-order valence-corrected chi connectivity index (χ0v) is 17.8. The summed E-state index contributed by atoms with van der Waals surface area (Å²) in [6.07, 6.45) is 0. The lowest BCUT2D eigenvalue weighted by atomic mass is 9.91. The number of aromatic nitrogens is 1. The average Bonchev–Trinajstić information content (AvgIpc) is 3.18. The molecular weight excluding hydrogens is 382 g/mol. The second-order valence-electron chi connectivity index (χ2n) is 8.18. The quantitative estimate of drug-likeness (QED) is 0.282. The number of hydrogen-bond donors (Lipinski definition) is 0. The van der Waals surface area contributed by atoms with Crippen LogP contribution in [0, 0.1) is 0 Å². The van der Waals surface area contributed by atoms with E-state index in [-0.39, 0.29) is 0 Å². The number of nitrogens with zero attached hydrogens (tertiary/aromatic N) is 1. The molecule has 0 fully saturated rings. The molecule has 0 saturated carbocycles. The SMILES string of the molecule is CC(C)c1ccc(-c2nc3ccccc3c3sc4ccccc4c23)c2ccccc12. The van der Waals surface area contributed by atoms with Gasteiger partial charge in [0, 0.05) is 31.1 Å². The number of benzene rings is 4. The van der Waals surface area contributed by atoms with E-state index in [4.69, 9.17) is 4.98 Å². The van der Waals surface area contributed by atoms with Crippen LogP contribution in [0.15, 0.2) is 84.9 Å². The van der Waals surface area contributed by atoms with Crippen LogP contribution in [0.25, 0.3) is 53.1 Å². The highest BCUT2D eigenvalue weighted by Crippen LogP contribution is 2.44. The Balaban J connectivity index is 1.82. The number of rotatable bonds is 2. The molecule has 2 heteroatoms. The fourth-order valence-electron chi connectivity index (χ4n) is 4.64. The first-order valence-corrected chi connectivity index (χ1v) is 11.3. The van der Waals surface area contributed by atoms with E-state index in [1.165, 1.54) is 47.5 Å². The maximum Gasteiger partial charge on any atom is 0.0809 e. The lowest BCUT2D eigenvalue weighted by Crippen LogP contribution is -1.93. The summed E-state index contributed by atoms with van der Waals surface area (Å²) in [5, 5.41) is 6.41. The normalized spacial score (nSPS) is 12.0. The summed E-state index contributed by atoms with van der Waals surface area (Å²) in [4.78, 5) is 5.23. The topological polar surface area (TPSA) is 12.9 Å².